The lowest BCUT2D eigenvalue weighted by molar-refractivity contribution is 0.528. The molecule has 1 aromatic rings. The zero-order valence-electron chi connectivity index (χ0n) is 9.28. The smallest absolute Gasteiger partial charge is 0.243 e. The molecule has 4 nitrogen and oxygen atoms in total. The van der Waals surface area contributed by atoms with Gasteiger partial charge in [-0.15, -0.1) is 0 Å². The van der Waals surface area contributed by atoms with Crippen molar-refractivity contribution < 1.29 is 17.2 Å². The van der Waals surface area contributed by atoms with E-state index in [0.29, 0.717) is 12.6 Å². The summed E-state index contributed by atoms with van der Waals surface area (Å²) in [5.74, 6) is -2.00. The molecule has 0 fully saturated rings. The van der Waals surface area contributed by atoms with Crippen LogP contribution in [-0.2, 0) is 10.0 Å². The number of rotatable bonds is 5. The Labute approximate surface area is 98.9 Å². The molecule has 0 aromatic heterocycles. The highest BCUT2D eigenvalue weighted by Gasteiger charge is 2.19. The largest absolute Gasteiger partial charge is 0.330 e. The lowest BCUT2D eigenvalue weighted by atomic mass is 10.2. The van der Waals surface area contributed by atoms with Gasteiger partial charge in [0.05, 0.1) is 0 Å². The normalized spacial score (nSPS) is 13.6. The second kappa shape index (κ2) is 5.52. The molecule has 0 radical (unpaired) electrons. The fourth-order valence-electron chi connectivity index (χ4n) is 1.11. The lowest BCUT2D eigenvalue weighted by Gasteiger charge is -2.11. The van der Waals surface area contributed by atoms with Crippen LogP contribution < -0.4 is 10.5 Å². The molecule has 96 valence electrons. The van der Waals surface area contributed by atoms with Crippen LogP contribution in [0.2, 0.25) is 0 Å². The van der Waals surface area contributed by atoms with Crippen LogP contribution in [0.25, 0.3) is 0 Å². The predicted molar refractivity (Wildman–Crippen MR) is 59.8 cm³/mol. The Morgan fingerprint density at radius 2 is 2.06 bits per heavy atom. The summed E-state index contributed by atoms with van der Waals surface area (Å²) in [6, 6.07) is 2.31. The van der Waals surface area contributed by atoms with Gasteiger partial charge in [-0.25, -0.2) is 21.9 Å². The molecule has 17 heavy (non-hydrogen) atoms. The van der Waals surface area contributed by atoms with Crippen molar-refractivity contribution in [3.63, 3.8) is 0 Å². The Balaban J connectivity index is 2.90. The van der Waals surface area contributed by atoms with E-state index in [1.54, 1.807) is 6.92 Å². The third-order valence-electron chi connectivity index (χ3n) is 2.21. The van der Waals surface area contributed by atoms with Gasteiger partial charge in [0.15, 0.2) is 0 Å². The van der Waals surface area contributed by atoms with Gasteiger partial charge in [0.1, 0.15) is 16.5 Å². The molecule has 0 saturated heterocycles. The van der Waals surface area contributed by atoms with Crippen LogP contribution in [0, 0.1) is 17.6 Å². The summed E-state index contributed by atoms with van der Waals surface area (Å²) in [5, 5.41) is 0. The van der Waals surface area contributed by atoms with E-state index >= 15 is 0 Å². The number of nitrogens with two attached hydrogens (primary N) is 1. The van der Waals surface area contributed by atoms with E-state index in [1.165, 1.54) is 0 Å². The molecule has 0 spiro atoms. The maximum Gasteiger partial charge on any atom is 0.243 e. The zero-order chi connectivity index (χ0) is 13.1. The van der Waals surface area contributed by atoms with Gasteiger partial charge in [-0.2, -0.15) is 0 Å². The fourth-order valence-corrected chi connectivity index (χ4v) is 2.33. The molecule has 3 N–H and O–H groups in total. The first-order valence-electron chi connectivity index (χ1n) is 5.01. The molecule has 0 saturated carbocycles. The molecule has 0 heterocycles. The van der Waals surface area contributed by atoms with Crippen LogP contribution >= 0.6 is 0 Å². The number of halogens is 2. The number of hydrogen-bond acceptors (Lipinski definition) is 3. The first-order valence-corrected chi connectivity index (χ1v) is 6.50. The highest BCUT2D eigenvalue weighted by atomic mass is 32.2. The Morgan fingerprint density at radius 1 is 1.41 bits per heavy atom. The molecule has 0 aliphatic carbocycles. The van der Waals surface area contributed by atoms with Crippen molar-refractivity contribution in [2.24, 2.45) is 11.7 Å². The lowest BCUT2D eigenvalue weighted by Crippen LogP contribution is -2.31. The minimum atomic E-state index is -3.96. The molecular formula is C10H14F2N2O2S. The average molecular weight is 264 g/mol. The number of hydrogen-bond donors (Lipinski definition) is 2. The van der Waals surface area contributed by atoms with E-state index in [2.05, 4.69) is 4.72 Å². The molecule has 1 rings (SSSR count). The third kappa shape index (κ3) is 3.72. The second-order valence-corrected chi connectivity index (χ2v) is 5.50. The molecule has 0 bridgehead atoms. The summed E-state index contributed by atoms with van der Waals surface area (Å²) in [4.78, 5) is -0.567. The van der Waals surface area contributed by atoms with Gasteiger partial charge in [-0.1, -0.05) is 6.92 Å². The molecule has 0 aliphatic rings. The quantitative estimate of drug-likeness (QED) is 0.827. The monoisotopic (exact) mass is 264 g/mol. The summed E-state index contributed by atoms with van der Waals surface area (Å²) in [5.41, 5.74) is 5.33. The standard InChI is InChI=1S/C10H14F2N2O2S/c1-7(5-13)6-14-17(15,16)10-3-2-8(11)4-9(10)12/h2-4,7,14H,5-6,13H2,1H3. The van der Waals surface area contributed by atoms with E-state index in [4.69, 9.17) is 5.73 Å². The molecule has 1 atom stereocenters. The number of nitrogens with one attached hydrogen (secondary N) is 1. The van der Waals surface area contributed by atoms with Crippen LogP contribution in [0.1, 0.15) is 6.92 Å². The SMILES string of the molecule is CC(CN)CNS(=O)(=O)c1ccc(F)cc1F. The van der Waals surface area contributed by atoms with Gasteiger partial charge in [-0.05, 0) is 24.6 Å². The Kier molecular flexibility index (Phi) is 4.55. The van der Waals surface area contributed by atoms with Crippen molar-refractivity contribution in [2.45, 2.75) is 11.8 Å². The van der Waals surface area contributed by atoms with Crippen molar-refractivity contribution in [1.29, 1.82) is 0 Å². The van der Waals surface area contributed by atoms with Crippen molar-refractivity contribution in [1.82, 2.24) is 4.72 Å². The zero-order valence-corrected chi connectivity index (χ0v) is 10.1. The van der Waals surface area contributed by atoms with Gasteiger partial charge in [0.2, 0.25) is 10.0 Å². The van der Waals surface area contributed by atoms with Crippen LogP contribution in [0.4, 0.5) is 8.78 Å². The van der Waals surface area contributed by atoms with Crippen molar-refractivity contribution >= 4 is 10.0 Å². The minimum Gasteiger partial charge on any atom is -0.330 e. The molecule has 0 amide bonds. The van der Waals surface area contributed by atoms with Crippen molar-refractivity contribution in [2.75, 3.05) is 13.1 Å². The number of benzene rings is 1. The Hall–Kier alpha value is -1.05. The highest BCUT2D eigenvalue weighted by Crippen LogP contribution is 2.15. The van der Waals surface area contributed by atoms with Gasteiger partial charge in [0, 0.05) is 12.6 Å². The first kappa shape index (κ1) is 14.0. The van der Waals surface area contributed by atoms with Crippen LogP contribution in [0.3, 0.4) is 0 Å². The van der Waals surface area contributed by atoms with Crippen LogP contribution in [0.15, 0.2) is 23.1 Å². The molecule has 0 aliphatic heterocycles. The highest BCUT2D eigenvalue weighted by molar-refractivity contribution is 7.89. The molecule has 7 heteroatoms. The molecule has 1 aromatic carbocycles. The predicted octanol–water partition coefficient (Wildman–Crippen LogP) is 0.838. The minimum absolute atomic E-state index is 0.0618. The van der Waals surface area contributed by atoms with Gasteiger partial charge >= 0.3 is 0 Å². The van der Waals surface area contributed by atoms with Gasteiger partial charge in [-0.3, -0.25) is 0 Å². The van der Waals surface area contributed by atoms with E-state index in [0.717, 1.165) is 12.1 Å². The summed E-state index contributed by atoms with van der Waals surface area (Å²) in [6.07, 6.45) is 0. The average Bonchev–Trinajstić information content (AvgIpc) is 2.25. The maximum atomic E-state index is 13.3. The van der Waals surface area contributed by atoms with E-state index in [-0.39, 0.29) is 12.5 Å². The summed E-state index contributed by atoms with van der Waals surface area (Å²) < 4.78 is 51.5. The van der Waals surface area contributed by atoms with Crippen LogP contribution in [0.5, 0.6) is 0 Å². The summed E-state index contributed by atoms with van der Waals surface area (Å²) >= 11 is 0. The van der Waals surface area contributed by atoms with E-state index < -0.39 is 26.6 Å². The third-order valence-corrected chi connectivity index (χ3v) is 3.66. The van der Waals surface area contributed by atoms with Crippen molar-refractivity contribution in [3.8, 4) is 0 Å². The topological polar surface area (TPSA) is 72.2 Å². The van der Waals surface area contributed by atoms with Gasteiger partial charge < -0.3 is 5.73 Å². The Morgan fingerprint density at radius 3 is 2.59 bits per heavy atom. The summed E-state index contributed by atoms with van der Waals surface area (Å²) in [7, 11) is -3.96. The van der Waals surface area contributed by atoms with Crippen LogP contribution in [-0.4, -0.2) is 21.5 Å². The summed E-state index contributed by atoms with van der Waals surface area (Å²) in [6.45, 7) is 2.17. The first-order chi connectivity index (χ1) is 7.86. The van der Waals surface area contributed by atoms with E-state index in [1.807, 2.05) is 0 Å². The maximum absolute atomic E-state index is 13.3. The number of sulfonamides is 1. The van der Waals surface area contributed by atoms with Gasteiger partial charge in [0.25, 0.3) is 0 Å². The second-order valence-electron chi connectivity index (χ2n) is 3.77. The molecular weight excluding hydrogens is 250 g/mol. The fraction of sp³-hybridized carbons (Fsp3) is 0.400. The Bertz CT molecular complexity index is 491. The van der Waals surface area contributed by atoms with E-state index in [9.17, 15) is 17.2 Å². The molecule has 1 unspecified atom stereocenters. The van der Waals surface area contributed by atoms with Crippen molar-refractivity contribution in [3.05, 3.63) is 29.8 Å².